The lowest BCUT2D eigenvalue weighted by atomic mass is 9.89. The van der Waals surface area contributed by atoms with Crippen LogP contribution in [0.2, 0.25) is 0 Å². The maximum Gasteiger partial charge on any atom is 0.327 e. The molecule has 1 aromatic rings. The molecule has 0 radical (unpaired) electrons. The summed E-state index contributed by atoms with van der Waals surface area (Å²) in [6.07, 6.45) is 4.96. The first-order valence-electron chi connectivity index (χ1n) is 6.73. The van der Waals surface area contributed by atoms with Crippen LogP contribution in [0.3, 0.4) is 0 Å². The van der Waals surface area contributed by atoms with Crippen molar-refractivity contribution in [2.24, 2.45) is 5.92 Å². The third-order valence-corrected chi connectivity index (χ3v) is 5.90. The van der Waals surface area contributed by atoms with Gasteiger partial charge in [-0.1, -0.05) is 37.0 Å². The van der Waals surface area contributed by atoms with Gasteiger partial charge in [-0.3, -0.25) is 4.85 Å². The van der Waals surface area contributed by atoms with E-state index < -0.39 is 15.2 Å². The Morgan fingerprint density at radius 3 is 2.26 bits per heavy atom. The van der Waals surface area contributed by atoms with Gasteiger partial charge in [0, 0.05) is 5.92 Å². The molecule has 3 nitrogen and oxygen atoms in total. The Kier molecular flexibility index (Phi) is 4.26. The van der Waals surface area contributed by atoms with Crippen molar-refractivity contribution in [1.29, 1.82) is 0 Å². The van der Waals surface area contributed by atoms with Crippen LogP contribution in [-0.4, -0.2) is 13.8 Å². The summed E-state index contributed by atoms with van der Waals surface area (Å²) in [5.41, 5.74) is 1.02. The van der Waals surface area contributed by atoms with Gasteiger partial charge in [0.25, 0.3) is 9.84 Å². The van der Waals surface area contributed by atoms with Gasteiger partial charge in [0.2, 0.25) is 0 Å². The van der Waals surface area contributed by atoms with Crippen LogP contribution in [0.4, 0.5) is 0 Å². The summed E-state index contributed by atoms with van der Waals surface area (Å²) in [4.78, 5) is 3.73. The third-order valence-electron chi connectivity index (χ3n) is 3.85. The fraction of sp³-hybridized carbons (Fsp3) is 0.533. The minimum absolute atomic E-state index is 0.00227. The van der Waals surface area contributed by atoms with E-state index in [0.717, 1.165) is 37.7 Å². The predicted molar refractivity (Wildman–Crippen MR) is 75.3 cm³/mol. The van der Waals surface area contributed by atoms with Crippen LogP contribution in [0, 0.1) is 19.4 Å². The fourth-order valence-electron chi connectivity index (χ4n) is 2.71. The summed E-state index contributed by atoms with van der Waals surface area (Å²) in [5.74, 6) is -0.00227. The molecular formula is C15H19NO2S. The van der Waals surface area contributed by atoms with E-state index in [0.29, 0.717) is 0 Å². The fourth-order valence-corrected chi connectivity index (χ4v) is 4.43. The summed E-state index contributed by atoms with van der Waals surface area (Å²) in [6.45, 7) is 9.21. The normalized spacial score (nSPS) is 18.7. The monoisotopic (exact) mass is 277 g/mol. The molecule has 0 bridgehead atoms. The van der Waals surface area contributed by atoms with Crippen molar-refractivity contribution < 1.29 is 8.42 Å². The standard InChI is InChI=1S/C15H19NO2S/c1-12-8-10-14(11-9-12)19(17,18)15(16-2)13-6-4-3-5-7-13/h8-11,13,15H,3-7H2,1H3/t15-/m1/s1. The van der Waals surface area contributed by atoms with E-state index in [9.17, 15) is 8.42 Å². The molecule has 1 aliphatic rings. The van der Waals surface area contributed by atoms with Gasteiger partial charge in [-0.25, -0.2) is 15.0 Å². The van der Waals surface area contributed by atoms with Gasteiger partial charge >= 0.3 is 5.37 Å². The maximum atomic E-state index is 12.6. The van der Waals surface area contributed by atoms with Crippen molar-refractivity contribution in [3.05, 3.63) is 41.2 Å². The highest BCUT2D eigenvalue weighted by atomic mass is 32.2. The van der Waals surface area contributed by atoms with Gasteiger partial charge in [0.1, 0.15) is 0 Å². The van der Waals surface area contributed by atoms with Crippen LogP contribution in [0.5, 0.6) is 0 Å². The van der Waals surface area contributed by atoms with E-state index in [2.05, 4.69) is 4.85 Å². The molecule has 0 amide bonds. The number of benzene rings is 1. The Balaban J connectivity index is 2.30. The Bertz CT molecular complexity index is 563. The molecule has 1 aromatic carbocycles. The first kappa shape index (κ1) is 14.1. The molecule has 0 unspecified atom stereocenters. The number of sulfone groups is 1. The van der Waals surface area contributed by atoms with Gasteiger partial charge in [0.15, 0.2) is 0 Å². The Morgan fingerprint density at radius 2 is 1.74 bits per heavy atom. The minimum atomic E-state index is -3.52. The number of aryl methyl sites for hydroxylation is 1. The van der Waals surface area contributed by atoms with Gasteiger partial charge in [0.05, 0.1) is 4.90 Å². The highest BCUT2D eigenvalue weighted by molar-refractivity contribution is 7.92. The molecule has 0 heterocycles. The zero-order valence-corrected chi connectivity index (χ0v) is 12.0. The molecule has 4 heteroatoms. The third kappa shape index (κ3) is 2.98. The maximum absolute atomic E-state index is 12.6. The van der Waals surface area contributed by atoms with Crippen molar-refractivity contribution in [3.63, 3.8) is 0 Å². The number of rotatable bonds is 3. The molecule has 0 spiro atoms. The van der Waals surface area contributed by atoms with Crippen LogP contribution in [-0.2, 0) is 9.84 Å². The Labute approximate surface area is 115 Å². The smallest absolute Gasteiger partial charge is 0.296 e. The predicted octanol–water partition coefficient (Wildman–Crippen LogP) is 3.59. The lowest BCUT2D eigenvalue weighted by Crippen LogP contribution is -2.28. The van der Waals surface area contributed by atoms with E-state index >= 15 is 0 Å². The molecule has 1 aliphatic carbocycles. The molecule has 1 saturated carbocycles. The summed E-state index contributed by atoms with van der Waals surface area (Å²) < 4.78 is 25.1. The number of nitrogens with zero attached hydrogens (tertiary/aromatic N) is 1. The van der Waals surface area contributed by atoms with Crippen molar-refractivity contribution in [3.8, 4) is 0 Å². The first-order chi connectivity index (χ1) is 9.05. The van der Waals surface area contributed by atoms with Crippen molar-refractivity contribution >= 4 is 9.84 Å². The van der Waals surface area contributed by atoms with Crippen molar-refractivity contribution in [2.45, 2.75) is 49.3 Å². The number of hydrogen-bond acceptors (Lipinski definition) is 2. The van der Waals surface area contributed by atoms with Gasteiger partial charge in [-0.15, -0.1) is 0 Å². The average molecular weight is 277 g/mol. The summed E-state index contributed by atoms with van der Waals surface area (Å²) in [7, 11) is -3.52. The zero-order valence-electron chi connectivity index (χ0n) is 11.2. The molecule has 102 valence electrons. The van der Waals surface area contributed by atoms with Gasteiger partial charge in [-0.05, 0) is 31.9 Å². The molecule has 1 atom stereocenters. The lowest BCUT2D eigenvalue weighted by molar-refractivity contribution is 0.359. The van der Waals surface area contributed by atoms with Gasteiger partial charge in [-0.2, -0.15) is 0 Å². The average Bonchev–Trinajstić information content (AvgIpc) is 2.41. The van der Waals surface area contributed by atoms with E-state index in [1.165, 1.54) is 0 Å². The number of hydrogen-bond donors (Lipinski definition) is 0. The van der Waals surface area contributed by atoms with E-state index in [4.69, 9.17) is 6.57 Å². The van der Waals surface area contributed by atoms with E-state index in [1.54, 1.807) is 24.3 Å². The molecule has 0 aliphatic heterocycles. The zero-order chi connectivity index (χ0) is 13.9. The second-order valence-electron chi connectivity index (χ2n) is 5.28. The molecule has 0 aromatic heterocycles. The van der Waals surface area contributed by atoms with Crippen LogP contribution < -0.4 is 0 Å². The van der Waals surface area contributed by atoms with E-state index in [-0.39, 0.29) is 10.8 Å². The second kappa shape index (κ2) is 5.75. The second-order valence-corrected chi connectivity index (χ2v) is 7.32. The summed E-state index contributed by atoms with van der Waals surface area (Å²) >= 11 is 0. The highest BCUT2D eigenvalue weighted by Crippen LogP contribution is 2.33. The van der Waals surface area contributed by atoms with Crippen molar-refractivity contribution in [1.82, 2.24) is 0 Å². The highest BCUT2D eigenvalue weighted by Gasteiger charge is 2.40. The summed E-state index contributed by atoms with van der Waals surface area (Å²) in [5, 5.41) is -0.907. The van der Waals surface area contributed by atoms with Gasteiger partial charge < -0.3 is 0 Å². The Hall–Kier alpha value is -1.34. The quantitative estimate of drug-likeness (QED) is 0.792. The molecule has 2 rings (SSSR count). The SMILES string of the molecule is [C-]#[N+][C@@H](C1CCCCC1)S(=O)(=O)c1ccc(C)cc1. The topological polar surface area (TPSA) is 38.5 Å². The molecule has 0 N–H and O–H groups in total. The minimum Gasteiger partial charge on any atom is -0.296 e. The summed E-state index contributed by atoms with van der Waals surface area (Å²) in [6, 6.07) is 6.81. The van der Waals surface area contributed by atoms with Crippen molar-refractivity contribution in [2.75, 3.05) is 0 Å². The Morgan fingerprint density at radius 1 is 1.16 bits per heavy atom. The molecule has 19 heavy (non-hydrogen) atoms. The molecule has 0 saturated heterocycles. The first-order valence-corrected chi connectivity index (χ1v) is 8.27. The van der Waals surface area contributed by atoms with E-state index in [1.807, 2.05) is 6.92 Å². The van der Waals surface area contributed by atoms with Crippen LogP contribution >= 0.6 is 0 Å². The lowest BCUT2D eigenvalue weighted by Gasteiger charge is -2.22. The van der Waals surface area contributed by atoms with Crippen LogP contribution in [0.25, 0.3) is 4.85 Å². The molecular weight excluding hydrogens is 258 g/mol. The van der Waals surface area contributed by atoms with Crippen LogP contribution in [0.1, 0.15) is 37.7 Å². The molecule has 1 fully saturated rings. The van der Waals surface area contributed by atoms with Crippen LogP contribution in [0.15, 0.2) is 29.2 Å². The largest absolute Gasteiger partial charge is 0.327 e.